The maximum absolute atomic E-state index is 10.7. The van der Waals surface area contributed by atoms with Gasteiger partial charge in [0.1, 0.15) is 6.04 Å². The first-order chi connectivity index (χ1) is 8.49. The van der Waals surface area contributed by atoms with Gasteiger partial charge in [-0.1, -0.05) is 0 Å². The van der Waals surface area contributed by atoms with Crippen LogP contribution in [0.1, 0.15) is 39.0 Å². The van der Waals surface area contributed by atoms with Crippen molar-refractivity contribution in [3.8, 4) is 0 Å². The smallest absolute Gasteiger partial charge is 0.320 e. The summed E-state index contributed by atoms with van der Waals surface area (Å²) in [5.74, 6) is -1.68. The average Bonchev–Trinajstić information content (AvgIpc) is 2.30. The van der Waals surface area contributed by atoms with Crippen LogP contribution in [0.5, 0.6) is 0 Å². The van der Waals surface area contributed by atoms with Crippen LogP contribution >= 0.6 is 0 Å². The maximum atomic E-state index is 10.7. The Bertz CT molecular complexity index is 286. The van der Waals surface area contributed by atoms with Crippen LogP contribution in [0.4, 0.5) is 0 Å². The molecule has 6 heteroatoms. The molecule has 1 aliphatic rings. The molecule has 18 heavy (non-hydrogen) atoms. The van der Waals surface area contributed by atoms with E-state index in [4.69, 9.17) is 14.9 Å². The van der Waals surface area contributed by atoms with Crippen molar-refractivity contribution in [2.45, 2.75) is 57.2 Å². The zero-order chi connectivity index (χ0) is 13.5. The van der Waals surface area contributed by atoms with Gasteiger partial charge in [-0.05, 0) is 32.6 Å². The van der Waals surface area contributed by atoms with Gasteiger partial charge in [0.05, 0.1) is 19.1 Å². The Hall–Kier alpha value is -1.14. The fraction of sp³-hybridized carbons (Fsp3) is 0.833. The standard InChI is InChI=1S/C12H21NO5/c1-8(12(16)17)13-9-2-4-10(5-3-9)18-7-6-11(14)15/h8-10,13H,2-7H2,1H3,(H,14,15)(H,16,17). The highest BCUT2D eigenvalue weighted by Crippen LogP contribution is 2.21. The van der Waals surface area contributed by atoms with Crippen molar-refractivity contribution in [3.05, 3.63) is 0 Å². The molecule has 0 heterocycles. The molecule has 0 aromatic heterocycles. The van der Waals surface area contributed by atoms with E-state index in [1.54, 1.807) is 6.92 Å². The first-order valence-electron chi connectivity index (χ1n) is 6.31. The summed E-state index contributed by atoms with van der Waals surface area (Å²) in [5, 5.41) is 20.3. The summed E-state index contributed by atoms with van der Waals surface area (Å²) in [5.41, 5.74) is 0. The molecule has 104 valence electrons. The number of carbonyl (C=O) groups is 2. The highest BCUT2D eigenvalue weighted by atomic mass is 16.5. The molecule has 0 saturated heterocycles. The Morgan fingerprint density at radius 1 is 1.28 bits per heavy atom. The monoisotopic (exact) mass is 259 g/mol. The van der Waals surface area contributed by atoms with Crippen molar-refractivity contribution < 1.29 is 24.5 Å². The van der Waals surface area contributed by atoms with Gasteiger partial charge >= 0.3 is 11.9 Å². The van der Waals surface area contributed by atoms with E-state index in [2.05, 4.69) is 5.32 Å². The number of ether oxygens (including phenoxy) is 1. The SMILES string of the molecule is CC(NC1CCC(OCCC(=O)O)CC1)C(=O)O. The third-order valence-electron chi connectivity index (χ3n) is 3.20. The van der Waals surface area contributed by atoms with Crippen LogP contribution in [0.15, 0.2) is 0 Å². The Morgan fingerprint density at radius 3 is 2.39 bits per heavy atom. The lowest BCUT2D eigenvalue weighted by atomic mass is 9.92. The third kappa shape index (κ3) is 5.46. The quantitative estimate of drug-likeness (QED) is 0.627. The second-order valence-electron chi connectivity index (χ2n) is 4.71. The first kappa shape index (κ1) is 14.9. The fourth-order valence-corrected chi connectivity index (χ4v) is 2.13. The molecule has 0 spiro atoms. The minimum atomic E-state index is -0.847. The Kier molecular flexibility index (Phi) is 6.07. The van der Waals surface area contributed by atoms with Crippen molar-refractivity contribution in [1.29, 1.82) is 0 Å². The second kappa shape index (κ2) is 7.33. The first-order valence-corrected chi connectivity index (χ1v) is 6.31. The largest absolute Gasteiger partial charge is 0.481 e. The molecule has 1 rings (SSSR count). The lowest BCUT2D eigenvalue weighted by molar-refractivity contribution is -0.139. The summed E-state index contributed by atoms with van der Waals surface area (Å²) in [4.78, 5) is 21.0. The van der Waals surface area contributed by atoms with Crippen LogP contribution in [0.3, 0.4) is 0 Å². The summed E-state index contributed by atoms with van der Waals surface area (Å²) in [6.45, 7) is 1.89. The minimum Gasteiger partial charge on any atom is -0.481 e. The predicted octanol–water partition coefficient (Wildman–Crippen LogP) is 0.852. The van der Waals surface area contributed by atoms with E-state index in [-0.39, 0.29) is 25.2 Å². The van der Waals surface area contributed by atoms with Crippen LogP contribution in [0.25, 0.3) is 0 Å². The summed E-state index contributed by atoms with van der Waals surface area (Å²) in [7, 11) is 0. The number of hydrogen-bond acceptors (Lipinski definition) is 4. The van der Waals surface area contributed by atoms with Gasteiger partial charge in [-0.15, -0.1) is 0 Å². The lowest BCUT2D eigenvalue weighted by Gasteiger charge is -2.30. The molecule has 1 unspecified atom stereocenters. The van der Waals surface area contributed by atoms with Gasteiger partial charge in [0, 0.05) is 6.04 Å². The van der Waals surface area contributed by atoms with E-state index in [1.807, 2.05) is 0 Å². The van der Waals surface area contributed by atoms with Crippen molar-refractivity contribution in [2.75, 3.05) is 6.61 Å². The zero-order valence-corrected chi connectivity index (χ0v) is 10.6. The molecule has 6 nitrogen and oxygen atoms in total. The molecular weight excluding hydrogens is 238 g/mol. The molecule has 1 atom stereocenters. The summed E-state index contributed by atoms with van der Waals surface area (Å²) in [6, 6.07) is -0.310. The third-order valence-corrected chi connectivity index (χ3v) is 3.20. The second-order valence-corrected chi connectivity index (χ2v) is 4.71. The highest BCUT2D eigenvalue weighted by Gasteiger charge is 2.24. The topological polar surface area (TPSA) is 95.9 Å². The number of carboxylic acids is 2. The van der Waals surface area contributed by atoms with Gasteiger partial charge in [-0.2, -0.15) is 0 Å². The van der Waals surface area contributed by atoms with Gasteiger partial charge in [0.2, 0.25) is 0 Å². The number of hydrogen-bond donors (Lipinski definition) is 3. The van der Waals surface area contributed by atoms with Crippen LogP contribution in [0, 0.1) is 0 Å². The van der Waals surface area contributed by atoms with Crippen LogP contribution in [-0.2, 0) is 14.3 Å². The van der Waals surface area contributed by atoms with E-state index in [1.165, 1.54) is 0 Å². The molecule has 0 aromatic rings. The van der Waals surface area contributed by atoms with Crippen molar-refractivity contribution in [2.24, 2.45) is 0 Å². The van der Waals surface area contributed by atoms with Crippen molar-refractivity contribution in [1.82, 2.24) is 5.32 Å². The van der Waals surface area contributed by atoms with Crippen molar-refractivity contribution in [3.63, 3.8) is 0 Å². The van der Waals surface area contributed by atoms with Gasteiger partial charge in [-0.25, -0.2) is 0 Å². The normalized spacial score (nSPS) is 25.6. The number of carboxylic acid groups (broad SMARTS) is 2. The maximum Gasteiger partial charge on any atom is 0.320 e. The van der Waals surface area contributed by atoms with Gasteiger partial charge in [0.25, 0.3) is 0 Å². The van der Waals surface area contributed by atoms with Crippen LogP contribution in [-0.4, -0.2) is 46.9 Å². The molecule has 0 bridgehead atoms. The van der Waals surface area contributed by atoms with Crippen LogP contribution < -0.4 is 5.32 Å². The summed E-state index contributed by atoms with van der Waals surface area (Å²) in [6.07, 6.45) is 3.59. The molecule has 0 aromatic carbocycles. The summed E-state index contributed by atoms with van der Waals surface area (Å²) < 4.78 is 5.47. The lowest BCUT2D eigenvalue weighted by Crippen LogP contribution is -2.43. The molecular formula is C12H21NO5. The molecule has 1 fully saturated rings. The van der Waals surface area contributed by atoms with Gasteiger partial charge in [0.15, 0.2) is 0 Å². The van der Waals surface area contributed by atoms with E-state index < -0.39 is 18.0 Å². The van der Waals surface area contributed by atoms with E-state index in [0.29, 0.717) is 0 Å². The van der Waals surface area contributed by atoms with Gasteiger partial charge in [-0.3, -0.25) is 9.59 Å². The molecule has 0 aliphatic heterocycles. The van der Waals surface area contributed by atoms with E-state index >= 15 is 0 Å². The predicted molar refractivity (Wildman–Crippen MR) is 64.5 cm³/mol. The molecule has 1 aliphatic carbocycles. The Balaban J connectivity index is 2.16. The highest BCUT2D eigenvalue weighted by molar-refractivity contribution is 5.72. The Labute approximate surface area is 106 Å². The molecule has 0 amide bonds. The van der Waals surface area contributed by atoms with Crippen LogP contribution in [0.2, 0.25) is 0 Å². The zero-order valence-electron chi connectivity index (χ0n) is 10.6. The van der Waals surface area contributed by atoms with E-state index in [0.717, 1.165) is 25.7 Å². The number of rotatable bonds is 7. The average molecular weight is 259 g/mol. The molecule has 0 radical (unpaired) electrons. The minimum absolute atomic E-state index is 0.0359. The van der Waals surface area contributed by atoms with E-state index in [9.17, 15) is 9.59 Å². The number of aliphatic carboxylic acids is 2. The molecule has 3 N–H and O–H groups in total. The fourth-order valence-electron chi connectivity index (χ4n) is 2.13. The van der Waals surface area contributed by atoms with Gasteiger partial charge < -0.3 is 20.3 Å². The van der Waals surface area contributed by atoms with Crippen molar-refractivity contribution >= 4 is 11.9 Å². The summed E-state index contributed by atoms with van der Waals surface area (Å²) >= 11 is 0. The number of nitrogens with one attached hydrogen (secondary N) is 1. The molecule has 1 saturated carbocycles. The Morgan fingerprint density at radius 2 is 1.89 bits per heavy atom.